The summed E-state index contributed by atoms with van der Waals surface area (Å²) >= 11 is 0. The summed E-state index contributed by atoms with van der Waals surface area (Å²) in [5.74, 6) is -1.26. The smallest absolute Gasteiger partial charge is 0.295 e. The molecule has 1 saturated heterocycles. The van der Waals surface area contributed by atoms with Crippen molar-refractivity contribution in [1.82, 2.24) is 4.90 Å². The first kappa shape index (κ1) is 23.9. The second-order valence-electron chi connectivity index (χ2n) is 8.07. The first-order chi connectivity index (χ1) is 15.7. The molecule has 1 amide bonds. The lowest BCUT2D eigenvalue weighted by molar-refractivity contribution is -0.384. The van der Waals surface area contributed by atoms with Crippen LogP contribution in [0.3, 0.4) is 0 Å². The summed E-state index contributed by atoms with van der Waals surface area (Å²) in [6.07, 6.45) is 0. The molecule has 1 heterocycles. The predicted molar refractivity (Wildman–Crippen MR) is 121 cm³/mol. The molecule has 1 N–H and O–H groups in total. The normalized spacial score (nSPS) is 17.6. The van der Waals surface area contributed by atoms with Crippen molar-refractivity contribution in [2.75, 3.05) is 26.9 Å². The number of amides is 1. The van der Waals surface area contributed by atoms with E-state index in [-0.39, 0.29) is 30.0 Å². The molecule has 1 atom stereocenters. The zero-order valence-corrected chi connectivity index (χ0v) is 18.7. The van der Waals surface area contributed by atoms with Crippen molar-refractivity contribution in [3.8, 4) is 5.75 Å². The Labute approximate surface area is 191 Å². The summed E-state index contributed by atoms with van der Waals surface area (Å²) in [6, 6.07) is 11.4. The lowest BCUT2D eigenvalue weighted by Gasteiger charge is -2.25. The highest BCUT2D eigenvalue weighted by Crippen LogP contribution is 2.40. The Hall–Kier alpha value is -3.72. The van der Waals surface area contributed by atoms with Crippen LogP contribution in [-0.2, 0) is 14.3 Å². The Morgan fingerprint density at radius 1 is 1.18 bits per heavy atom. The first-order valence-corrected chi connectivity index (χ1v) is 10.5. The molecular formula is C24H26N2O7. The van der Waals surface area contributed by atoms with Gasteiger partial charge >= 0.3 is 0 Å². The number of benzene rings is 2. The fraction of sp³-hybridized carbons (Fsp3) is 0.333. The molecule has 0 aliphatic carbocycles. The minimum absolute atomic E-state index is 0.0751. The van der Waals surface area contributed by atoms with Crippen LogP contribution in [-0.4, -0.2) is 53.5 Å². The highest BCUT2D eigenvalue weighted by molar-refractivity contribution is 6.46. The van der Waals surface area contributed by atoms with Crippen LogP contribution in [0, 0.1) is 16.0 Å². The maximum absolute atomic E-state index is 13.0. The number of carbonyl (C=O) groups is 2. The van der Waals surface area contributed by atoms with Crippen molar-refractivity contribution in [1.29, 1.82) is 0 Å². The number of methoxy groups -OCH3 is 1. The minimum atomic E-state index is -0.901. The summed E-state index contributed by atoms with van der Waals surface area (Å²) in [6.45, 7) is 4.82. The number of aliphatic hydroxyl groups excluding tert-OH is 1. The van der Waals surface area contributed by atoms with Gasteiger partial charge in [-0.05, 0) is 23.6 Å². The highest BCUT2D eigenvalue weighted by atomic mass is 16.6. The maximum atomic E-state index is 13.0. The lowest BCUT2D eigenvalue weighted by atomic mass is 9.95. The van der Waals surface area contributed by atoms with Crippen LogP contribution in [0.5, 0.6) is 5.75 Å². The largest absolute Gasteiger partial charge is 0.507 e. The molecule has 0 saturated carbocycles. The van der Waals surface area contributed by atoms with Crippen molar-refractivity contribution in [2.45, 2.75) is 19.9 Å². The van der Waals surface area contributed by atoms with Gasteiger partial charge < -0.3 is 19.5 Å². The van der Waals surface area contributed by atoms with E-state index in [9.17, 15) is 24.8 Å². The van der Waals surface area contributed by atoms with Crippen LogP contribution in [0.1, 0.15) is 31.0 Å². The molecule has 174 valence electrons. The van der Waals surface area contributed by atoms with Crippen LogP contribution in [0.4, 0.5) is 5.69 Å². The molecule has 33 heavy (non-hydrogen) atoms. The van der Waals surface area contributed by atoms with Crippen LogP contribution < -0.4 is 4.74 Å². The fourth-order valence-electron chi connectivity index (χ4n) is 3.61. The predicted octanol–water partition coefficient (Wildman–Crippen LogP) is 3.70. The Morgan fingerprint density at radius 3 is 2.58 bits per heavy atom. The van der Waals surface area contributed by atoms with Gasteiger partial charge in [0.05, 0.1) is 29.8 Å². The summed E-state index contributed by atoms with van der Waals surface area (Å²) in [5.41, 5.74) is 0.260. The molecule has 9 heteroatoms. The Morgan fingerprint density at radius 2 is 1.91 bits per heavy atom. The molecule has 0 bridgehead atoms. The van der Waals surface area contributed by atoms with Crippen molar-refractivity contribution < 1.29 is 29.1 Å². The van der Waals surface area contributed by atoms with Gasteiger partial charge in [-0.25, -0.2) is 0 Å². The average molecular weight is 454 g/mol. The van der Waals surface area contributed by atoms with Gasteiger partial charge in [-0.3, -0.25) is 19.7 Å². The van der Waals surface area contributed by atoms with Crippen molar-refractivity contribution in [3.05, 3.63) is 75.3 Å². The van der Waals surface area contributed by atoms with E-state index in [0.717, 1.165) is 6.07 Å². The number of nitro groups is 1. The second kappa shape index (κ2) is 10.3. The van der Waals surface area contributed by atoms with Gasteiger partial charge in [-0.15, -0.1) is 0 Å². The third-order valence-corrected chi connectivity index (χ3v) is 5.16. The number of nitrogens with zero attached hydrogens (tertiary/aromatic N) is 2. The molecule has 0 spiro atoms. The van der Waals surface area contributed by atoms with Crippen LogP contribution in [0.15, 0.2) is 54.1 Å². The third-order valence-electron chi connectivity index (χ3n) is 5.16. The molecule has 3 rings (SSSR count). The summed E-state index contributed by atoms with van der Waals surface area (Å²) in [7, 11) is 1.48. The van der Waals surface area contributed by atoms with Gasteiger partial charge in [0.25, 0.3) is 17.4 Å². The number of Topliss-reactive ketones (excluding diaryl/α,β-unsaturated/α-hetero) is 1. The maximum Gasteiger partial charge on any atom is 0.295 e. The first-order valence-electron chi connectivity index (χ1n) is 10.5. The lowest BCUT2D eigenvalue weighted by Crippen LogP contribution is -2.32. The molecule has 9 nitrogen and oxygen atoms in total. The monoisotopic (exact) mass is 454 g/mol. The average Bonchev–Trinajstić information content (AvgIpc) is 3.06. The standard InChI is InChI=1S/C24H26N2O7/c1-15(2)14-33-19-9-5-6-16(13-19)21-20(23(28)24(29)25(21)10-11-32-3)22(27)17-7-4-8-18(12-17)26(30)31/h4-9,12-13,15,21,27H,10-11,14H2,1-3H3/b22-20-. The SMILES string of the molecule is COCCN1C(=O)C(=O)/C(=C(\O)c2cccc([N+](=O)[O-])c2)C1c1cccc(OCC(C)C)c1. The van der Waals surface area contributed by atoms with E-state index >= 15 is 0 Å². The molecule has 1 aliphatic rings. The zero-order valence-electron chi connectivity index (χ0n) is 18.7. The number of likely N-dealkylation sites (tertiary alicyclic amines) is 1. The number of ketones is 1. The molecular weight excluding hydrogens is 428 g/mol. The zero-order chi connectivity index (χ0) is 24.1. The van der Waals surface area contributed by atoms with Crippen molar-refractivity contribution in [3.63, 3.8) is 0 Å². The van der Waals surface area contributed by atoms with Gasteiger partial charge in [0.2, 0.25) is 0 Å². The number of hydrogen-bond acceptors (Lipinski definition) is 7. The quantitative estimate of drug-likeness (QED) is 0.202. The van der Waals surface area contributed by atoms with Crippen LogP contribution in [0.2, 0.25) is 0 Å². The highest BCUT2D eigenvalue weighted by Gasteiger charge is 2.46. The van der Waals surface area contributed by atoms with Crippen LogP contribution in [0.25, 0.3) is 5.76 Å². The Kier molecular flexibility index (Phi) is 7.44. The van der Waals surface area contributed by atoms with Crippen molar-refractivity contribution >= 4 is 23.1 Å². The number of ether oxygens (including phenoxy) is 2. The number of aliphatic hydroxyl groups is 1. The summed E-state index contributed by atoms with van der Waals surface area (Å²) in [5, 5.41) is 22.2. The number of nitro benzene ring substituents is 1. The van der Waals surface area contributed by atoms with E-state index in [1.165, 1.54) is 30.2 Å². The molecule has 1 aliphatic heterocycles. The fourth-order valence-corrected chi connectivity index (χ4v) is 3.61. The number of rotatable bonds is 9. The minimum Gasteiger partial charge on any atom is -0.507 e. The number of non-ortho nitro benzene ring substituents is 1. The van der Waals surface area contributed by atoms with Gasteiger partial charge in [-0.1, -0.05) is 38.1 Å². The summed E-state index contributed by atoms with van der Waals surface area (Å²) in [4.78, 5) is 37.7. The van der Waals surface area contributed by atoms with Gasteiger partial charge in [0.1, 0.15) is 11.5 Å². The van der Waals surface area contributed by atoms with Gasteiger partial charge in [-0.2, -0.15) is 0 Å². The van der Waals surface area contributed by atoms with Gasteiger partial charge in [0.15, 0.2) is 0 Å². The number of hydrogen-bond donors (Lipinski definition) is 1. The molecule has 2 aromatic rings. The molecule has 0 aromatic heterocycles. The Balaban J connectivity index is 2.13. The van der Waals surface area contributed by atoms with Gasteiger partial charge in [0, 0.05) is 31.4 Å². The van der Waals surface area contributed by atoms with E-state index in [0.29, 0.717) is 23.8 Å². The second-order valence-corrected chi connectivity index (χ2v) is 8.07. The Bertz CT molecular complexity index is 1090. The topological polar surface area (TPSA) is 119 Å². The molecule has 1 fully saturated rings. The van der Waals surface area contributed by atoms with Crippen molar-refractivity contribution in [2.24, 2.45) is 5.92 Å². The van der Waals surface area contributed by atoms with E-state index < -0.39 is 28.4 Å². The number of carbonyl (C=O) groups excluding carboxylic acids is 2. The van der Waals surface area contributed by atoms with Crippen LogP contribution >= 0.6 is 0 Å². The molecule has 0 radical (unpaired) electrons. The van der Waals surface area contributed by atoms with E-state index in [1.54, 1.807) is 24.3 Å². The third kappa shape index (κ3) is 5.20. The van der Waals surface area contributed by atoms with E-state index in [2.05, 4.69) is 0 Å². The molecule has 2 aromatic carbocycles. The summed E-state index contributed by atoms with van der Waals surface area (Å²) < 4.78 is 10.9. The molecule has 1 unspecified atom stereocenters. The van der Waals surface area contributed by atoms with E-state index in [4.69, 9.17) is 9.47 Å². The van der Waals surface area contributed by atoms with E-state index in [1.807, 2.05) is 13.8 Å².